The van der Waals surface area contributed by atoms with Crippen LogP contribution in [-0.2, 0) is 18.3 Å². The number of ether oxygens (including phenoxy) is 1. The first-order valence-electron chi connectivity index (χ1n) is 8.41. The zero-order valence-electron chi connectivity index (χ0n) is 14.7. The molecule has 0 radical (unpaired) electrons. The van der Waals surface area contributed by atoms with Crippen molar-refractivity contribution in [2.45, 2.75) is 19.6 Å². The number of nitrogens with zero attached hydrogens (tertiary/aromatic N) is 3. The monoisotopic (exact) mass is 330 g/mol. The Morgan fingerprint density at radius 1 is 1.25 bits per heavy atom. The van der Waals surface area contributed by atoms with E-state index in [4.69, 9.17) is 4.74 Å². The van der Waals surface area contributed by atoms with Gasteiger partial charge in [-0.15, -0.1) is 0 Å². The Hall–Kier alpha value is -1.89. The second-order valence-electron chi connectivity index (χ2n) is 6.43. The lowest BCUT2D eigenvalue weighted by atomic mass is 10.2. The highest BCUT2D eigenvalue weighted by Gasteiger charge is 2.19. The number of para-hydroxylation sites is 1. The van der Waals surface area contributed by atoms with E-state index < -0.39 is 0 Å². The highest BCUT2D eigenvalue weighted by molar-refractivity contribution is 5.33. The number of nitrogens with one attached hydrogen (secondary N) is 1. The van der Waals surface area contributed by atoms with E-state index >= 15 is 0 Å². The molecule has 1 aromatic heterocycles. The molecule has 0 saturated carbocycles. The summed E-state index contributed by atoms with van der Waals surface area (Å²) in [5, 5.41) is 3.39. The molecule has 0 bridgehead atoms. The van der Waals surface area contributed by atoms with Crippen molar-refractivity contribution >= 4 is 0 Å². The van der Waals surface area contributed by atoms with Crippen LogP contribution >= 0.6 is 0 Å². The molecule has 3 rings (SSSR count). The average molecular weight is 330 g/mol. The van der Waals surface area contributed by atoms with E-state index in [1.807, 2.05) is 49.0 Å². The molecule has 1 fully saturated rings. The van der Waals surface area contributed by atoms with Crippen molar-refractivity contribution in [2.24, 2.45) is 7.05 Å². The minimum atomic E-state index is 0.0374. The van der Waals surface area contributed by atoms with Gasteiger partial charge in [0.15, 0.2) is 0 Å². The van der Waals surface area contributed by atoms with Crippen molar-refractivity contribution in [3.63, 3.8) is 0 Å². The van der Waals surface area contributed by atoms with Gasteiger partial charge in [-0.25, -0.2) is 4.68 Å². The molecule has 1 aromatic carbocycles. The van der Waals surface area contributed by atoms with Crippen molar-refractivity contribution in [3.8, 4) is 5.69 Å². The second-order valence-corrected chi connectivity index (χ2v) is 6.43. The summed E-state index contributed by atoms with van der Waals surface area (Å²) in [6.45, 7) is 5.98. The Kier molecular flexibility index (Phi) is 5.18. The van der Waals surface area contributed by atoms with Gasteiger partial charge < -0.3 is 15.0 Å². The lowest BCUT2D eigenvalue weighted by Crippen LogP contribution is -2.44. The van der Waals surface area contributed by atoms with Crippen LogP contribution in [0.15, 0.2) is 35.1 Å². The van der Waals surface area contributed by atoms with E-state index in [0.717, 1.165) is 43.2 Å². The Morgan fingerprint density at radius 2 is 2.00 bits per heavy atom. The molecule has 1 aliphatic rings. The topological polar surface area (TPSA) is 51.4 Å². The molecule has 1 aliphatic heterocycles. The van der Waals surface area contributed by atoms with Crippen LogP contribution in [0, 0.1) is 6.92 Å². The van der Waals surface area contributed by atoms with Gasteiger partial charge >= 0.3 is 0 Å². The summed E-state index contributed by atoms with van der Waals surface area (Å²) in [4.78, 5) is 15.1. The maximum Gasteiger partial charge on any atom is 0.276 e. The van der Waals surface area contributed by atoms with Crippen LogP contribution in [0.25, 0.3) is 5.69 Å². The minimum absolute atomic E-state index is 0.0374. The predicted octanol–water partition coefficient (Wildman–Crippen LogP) is 0.905. The Balaban J connectivity index is 1.71. The van der Waals surface area contributed by atoms with E-state index in [0.29, 0.717) is 6.54 Å². The van der Waals surface area contributed by atoms with E-state index in [1.165, 1.54) is 0 Å². The lowest BCUT2D eigenvalue weighted by Gasteiger charge is -2.30. The van der Waals surface area contributed by atoms with E-state index in [9.17, 15) is 4.79 Å². The summed E-state index contributed by atoms with van der Waals surface area (Å²) in [5.41, 5.74) is 2.72. The molecule has 130 valence electrons. The largest absolute Gasteiger partial charge is 0.374 e. The van der Waals surface area contributed by atoms with Gasteiger partial charge in [0.2, 0.25) is 0 Å². The first kappa shape index (κ1) is 17.0. The molecule has 0 amide bonds. The van der Waals surface area contributed by atoms with Crippen molar-refractivity contribution in [1.29, 1.82) is 0 Å². The van der Waals surface area contributed by atoms with Crippen LogP contribution < -0.4 is 10.9 Å². The molecule has 2 heterocycles. The van der Waals surface area contributed by atoms with Gasteiger partial charge in [0.25, 0.3) is 5.56 Å². The van der Waals surface area contributed by atoms with Crippen LogP contribution in [0.1, 0.15) is 11.3 Å². The third-order valence-electron chi connectivity index (χ3n) is 4.69. The standard InChI is InChI=1S/C18H26N4O2/c1-14-17(12-19-11-16-13-20(2)9-10-24-16)18(23)22(21(14)3)15-7-5-4-6-8-15/h4-8,16,19H,9-13H2,1-3H3/t16-/m0/s1. The summed E-state index contributed by atoms with van der Waals surface area (Å²) >= 11 is 0. The minimum Gasteiger partial charge on any atom is -0.374 e. The number of aromatic nitrogens is 2. The molecular formula is C18H26N4O2. The molecule has 0 aliphatic carbocycles. The second kappa shape index (κ2) is 7.34. The van der Waals surface area contributed by atoms with Gasteiger partial charge in [0.1, 0.15) is 0 Å². The van der Waals surface area contributed by atoms with Gasteiger partial charge in [0.05, 0.1) is 24.0 Å². The third-order valence-corrected chi connectivity index (χ3v) is 4.69. The Bertz CT molecular complexity index is 735. The maximum atomic E-state index is 12.8. The third kappa shape index (κ3) is 3.45. The van der Waals surface area contributed by atoms with Gasteiger partial charge in [-0.2, -0.15) is 0 Å². The lowest BCUT2D eigenvalue weighted by molar-refractivity contribution is -0.0182. The van der Waals surface area contributed by atoms with Crippen molar-refractivity contribution in [1.82, 2.24) is 19.6 Å². The number of morpholine rings is 1. The zero-order valence-corrected chi connectivity index (χ0v) is 14.7. The number of likely N-dealkylation sites (N-methyl/N-ethyl adjacent to an activating group) is 1. The SMILES string of the molecule is Cc1c(CNC[C@H]2CN(C)CCO2)c(=O)n(-c2ccccc2)n1C. The number of benzene rings is 1. The van der Waals surface area contributed by atoms with Gasteiger partial charge in [-0.1, -0.05) is 18.2 Å². The first-order valence-corrected chi connectivity index (χ1v) is 8.41. The molecule has 24 heavy (non-hydrogen) atoms. The molecule has 1 N–H and O–H groups in total. The molecule has 0 spiro atoms. The van der Waals surface area contributed by atoms with E-state index in [-0.39, 0.29) is 11.7 Å². The van der Waals surface area contributed by atoms with Crippen LogP contribution in [0.2, 0.25) is 0 Å². The number of rotatable bonds is 5. The van der Waals surface area contributed by atoms with Crippen molar-refractivity contribution in [2.75, 3.05) is 33.3 Å². The van der Waals surface area contributed by atoms with Gasteiger partial charge in [0, 0.05) is 38.9 Å². The fourth-order valence-corrected chi connectivity index (χ4v) is 3.18. The van der Waals surface area contributed by atoms with Crippen LogP contribution in [-0.4, -0.2) is 53.7 Å². The maximum absolute atomic E-state index is 12.8. The molecule has 6 heteroatoms. The summed E-state index contributed by atoms with van der Waals surface area (Å²) in [6.07, 6.45) is 0.184. The van der Waals surface area contributed by atoms with Crippen LogP contribution in [0.5, 0.6) is 0 Å². The molecule has 2 aromatic rings. The summed E-state index contributed by atoms with van der Waals surface area (Å²) in [5.74, 6) is 0. The zero-order chi connectivity index (χ0) is 17.1. The normalized spacial score (nSPS) is 18.9. The smallest absolute Gasteiger partial charge is 0.276 e. The first-order chi connectivity index (χ1) is 11.6. The average Bonchev–Trinajstić information content (AvgIpc) is 2.79. The van der Waals surface area contributed by atoms with Crippen molar-refractivity contribution < 1.29 is 4.74 Å². The Morgan fingerprint density at radius 3 is 2.71 bits per heavy atom. The molecule has 0 unspecified atom stereocenters. The quantitative estimate of drug-likeness (QED) is 0.885. The molecule has 6 nitrogen and oxygen atoms in total. The summed E-state index contributed by atoms with van der Waals surface area (Å²) in [7, 11) is 4.03. The molecule has 1 saturated heterocycles. The molecular weight excluding hydrogens is 304 g/mol. The number of hydrogen-bond acceptors (Lipinski definition) is 4. The Labute approximate surface area is 142 Å². The number of hydrogen-bond donors (Lipinski definition) is 1. The van der Waals surface area contributed by atoms with Gasteiger partial charge in [-0.3, -0.25) is 9.48 Å². The highest BCUT2D eigenvalue weighted by Crippen LogP contribution is 2.10. The highest BCUT2D eigenvalue weighted by atomic mass is 16.5. The van der Waals surface area contributed by atoms with E-state index in [1.54, 1.807) is 4.68 Å². The predicted molar refractivity (Wildman–Crippen MR) is 94.7 cm³/mol. The summed E-state index contributed by atoms with van der Waals surface area (Å²) < 4.78 is 9.39. The molecule has 1 atom stereocenters. The fraction of sp³-hybridized carbons (Fsp3) is 0.500. The van der Waals surface area contributed by atoms with E-state index in [2.05, 4.69) is 17.3 Å². The van der Waals surface area contributed by atoms with Crippen LogP contribution in [0.4, 0.5) is 0 Å². The van der Waals surface area contributed by atoms with Crippen molar-refractivity contribution in [3.05, 3.63) is 51.9 Å². The van der Waals surface area contributed by atoms with Crippen LogP contribution in [0.3, 0.4) is 0 Å². The fourth-order valence-electron chi connectivity index (χ4n) is 3.18. The van der Waals surface area contributed by atoms with Gasteiger partial charge in [-0.05, 0) is 26.1 Å². The summed E-state index contributed by atoms with van der Waals surface area (Å²) in [6, 6.07) is 9.74.